The molecule has 0 radical (unpaired) electrons. The van der Waals surface area contributed by atoms with E-state index in [1.807, 2.05) is 0 Å². The van der Waals surface area contributed by atoms with Crippen molar-refractivity contribution in [3.05, 3.63) is 28.8 Å². The van der Waals surface area contributed by atoms with Crippen LogP contribution in [0.1, 0.15) is 18.7 Å². The molecule has 0 aliphatic carbocycles. The molecule has 0 saturated heterocycles. The predicted molar refractivity (Wildman–Crippen MR) is 59.1 cm³/mol. The zero-order chi connectivity index (χ0) is 12.3. The zero-order valence-electron chi connectivity index (χ0n) is 8.48. The molecule has 88 valence electrons. The standard InChI is InChI=1S/C10H10ClFO3S/c1-2-16(14,15)10-4-3-7(5-8(10)11)9(12)6-13/h3-6,9H,2H2,1H3. The molecule has 0 heterocycles. The topological polar surface area (TPSA) is 51.2 Å². The van der Waals surface area contributed by atoms with E-state index in [0.717, 1.165) is 6.07 Å². The Labute approximate surface area is 98.1 Å². The van der Waals surface area contributed by atoms with Crippen LogP contribution in [0.4, 0.5) is 4.39 Å². The molecule has 6 heteroatoms. The quantitative estimate of drug-likeness (QED) is 0.785. The molecule has 0 amide bonds. The lowest BCUT2D eigenvalue weighted by molar-refractivity contribution is -0.112. The highest BCUT2D eigenvalue weighted by Crippen LogP contribution is 2.26. The number of halogens is 2. The summed E-state index contributed by atoms with van der Waals surface area (Å²) in [6, 6.07) is 3.61. The van der Waals surface area contributed by atoms with Gasteiger partial charge in [0.15, 0.2) is 22.3 Å². The van der Waals surface area contributed by atoms with Gasteiger partial charge in [-0.2, -0.15) is 0 Å². The van der Waals surface area contributed by atoms with E-state index < -0.39 is 16.0 Å². The lowest BCUT2D eigenvalue weighted by atomic mass is 10.1. The number of benzene rings is 1. The minimum absolute atomic E-state index is 0.0430. The van der Waals surface area contributed by atoms with Gasteiger partial charge < -0.3 is 0 Å². The Morgan fingerprint density at radius 1 is 1.50 bits per heavy atom. The van der Waals surface area contributed by atoms with Crippen molar-refractivity contribution in [1.82, 2.24) is 0 Å². The average Bonchev–Trinajstić information content (AvgIpc) is 2.27. The molecule has 0 spiro atoms. The number of sulfone groups is 1. The number of aldehydes is 1. The molecule has 0 bridgehead atoms. The lowest BCUT2D eigenvalue weighted by Crippen LogP contribution is -2.05. The van der Waals surface area contributed by atoms with E-state index in [4.69, 9.17) is 11.6 Å². The van der Waals surface area contributed by atoms with Crippen LogP contribution in [0.5, 0.6) is 0 Å². The van der Waals surface area contributed by atoms with Crippen LogP contribution in [0.3, 0.4) is 0 Å². The van der Waals surface area contributed by atoms with Crippen molar-refractivity contribution in [1.29, 1.82) is 0 Å². The number of alkyl halides is 1. The fourth-order valence-electron chi connectivity index (χ4n) is 1.17. The number of hydrogen-bond donors (Lipinski definition) is 0. The van der Waals surface area contributed by atoms with Gasteiger partial charge in [0.05, 0.1) is 15.7 Å². The average molecular weight is 265 g/mol. The third-order valence-corrected chi connectivity index (χ3v) is 4.32. The second-order valence-electron chi connectivity index (χ2n) is 3.13. The Hall–Kier alpha value is -0.940. The van der Waals surface area contributed by atoms with Gasteiger partial charge in [0.2, 0.25) is 0 Å². The molecule has 0 N–H and O–H groups in total. The molecular weight excluding hydrogens is 255 g/mol. The third kappa shape index (κ3) is 2.59. The van der Waals surface area contributed by atoms with Gasteiger partial charge in [-0.1, -0.05) is 24.6 Å². The molecule has 0 fully saturated rings. The van der Waals surface area contributed by atoms with Gasteiger partial charge in [-0.05, 0) is 17.7 Å². The van der Waals surface area contributed by atoms with E-state index in [-0.39, 0.29) is 27.5 Å². The van der Waals surface area contributed by atoms with Gasteiger partial charge in [0, 0.05) is 0 Å². The first kappa shape index (κ1) is 13.1. The third-order valence-electron chi connectivity index (χ3n) is 2.11. The van der Waals surface area contributed by atoms with Gasteiger partial charge in [0.25, 0.3) is 0 Å². The molecule has 1 aromatic carbocycles. The van der Waals surface area contributed by atoms with Crippen LogP contribution in [0.25, 0.3) is 0 Å². The number of carbonyl (C=O) groups is 1. The van der Waals surface area contributed by atoms with E-state index in [1.54, 1.807) is 0 Å². The van der Waals surface area contributed by atoms with Crippen molar-refractivity contribution in [2.75, 3.05) is 5.75 Å². The number of rotatable bonds is 4. The smallest absolute Gasteiger partial charge is 0.180 e. The molecule has 0 aliphatic rings. The summed E-state index contributed by atoms with van der Waals surface area (Å²) in [5, 5.41) is -0.0659. The van der Waals surface area contributed by atoms with E-state index in [1.165, 1.54) is 19.1 Å². The Morgan fingerprint density at radius 2 is 2.12 bits per heavy atom. The first-order valence-electron chi connectivity index (χ1n) is 4.54. The summed E-state index contributed by atoms with van der Waals surface area (Å²) < 4.78 is 36.0. The molecule has 1 aromatic rings. The Kier molecular flexibility index (Phi) is 4.04. The Bertz CT molecular complexity index is 499. The molecule has 16 heavy (non-hydrogen) atoms. The highest BCUT2D eigenvalue weighted by atomic mass is 35.5. The molecule has 3 nitrogen and oxygen atoms in total. The molecule has 0 saturated carbocycles. The first-order chi connectivity index (χ1) is 7.42. The van der Waals surface area contributed by atoms with Crippen molar-refractivity contribution >= 4 is 27.7 Å². The maximum atomic E-state index is 13.0. The van der Waals surface area contributed by atoms with Crippen LogP contribution in [0.15, 0.2) is 23.1 Å². The monoisotopic (exact) mass is 264 g/mol. The van der Waals surface area contributed by atoms with Crippen molar-refractivity contribution in [3.8, 4) is 0 Å². The number of hydrogen-bond acceptors (Lipinski definition) is 3. The molecule has 0 aromatic heterocycles. The van der Waals surface area contributed by atoms with Gasteiger partial charge in [0.1, 0.15) is 0 Å². The molecular formula is C10H10ClFO3S. The van der Waals surface area contributed by atoms with E-state index in [9.17, 15) is 17.6 Å². The summed E-state index contributed by atoms with van der Waals surface area (Å²) in [7, 11) is -3.42. The Balaban J connectivity index is 3.25. The molecule has 0 aliphatic heterocycles. The summed E-state index contributed by atoms with van der Waals surface area (Å²) in [4.78, 5) is 10.2. The fourth-order valence-corrected chi connectivity index (χ4v) is 2.66. The minimum Gasteiger partial charge on any atom is -0.300 e. The van der Waals surface area contributed by atoms with Crippen LogP contribution >= 0.6 is 11.6 Å². The van der Waals surface area contributed by atoms with Crippen LogP contribution in [-0.4, -0.2) is 20.5 Å². The number of carbonyl (C=O) groups excluding carboxylic acids is 1. The summed E-state index contributed by atoms with van der Waals surface area (Å²) in [6.07, 6.45) is -1.66. The molecule has 1 unspecified atom stereocenters. The summed E-state index contributed by atoms with van der Waals surface area (Å²) in [5.41, 5.74) is 0.0510. The summed E-state index contributed by atoms with van der Waals surface area (Å²) in [6.45, 7) is 1.49. The lowest BCUT2D eigenvalue weighted by Gasteiger charge is -2.07. The van der Waals surface area contributed by atoms with E-state index in [0.29, 0.717) is 0 Å². The van der Waals surface area contributed by atoms with Crippen LogP contribution < -0.4 is 0 Å². The SMILES string of the molecule is CCS(=O)(=O)c1ccc(C(F)C=O)cc1Cl. The summed E-state index contributed by atoms with van der Waals surface area (Å²) in [5.74, 6) is -0.0845. The van der Waals surface area contributed by atoms with Gasteiger partial charge in [-0.25, -0.2) is 12.8 Å². The van der Waals surface area contributed by atoms with Gasteiger partial charge >= 0.3 is 0 Å². The maximum absolute atomic E-state index is 13.0. The van der Waals surface area contributed by atoms with Crippen LogP contribution in [0.2, 0.25) is 5.02 Å². The molecule has 1 atom stereocenters. The minimum atomic E-state index is -3.42. The highest BCUT2D eigenvalue weighted by Gasteiger charge is 2.18. The second kappa shape index (κ2) is 4.93. The van der Waals surface area contributed by atoms with Crippen LogP contribution in [0, 0.1) is 0 Å². The summed E-state index contributed by atoms with van der Waals surface area (Å²) >= 11 is 5.73. The first-order valence-corrected chi connectivity index (χ1v) is 6.57. The van der Waals surface area contributed by atoms with E-state index in [2.05, 4.69) is 0 Å². The van der Waals surface area contributed by atoms with Gasteiger partial charge in [-0.15, -0.1) is 0 Å². The van der Waals surface area contributed by atoms with Crippen molar-refractivity contribution < 1.29 is 17.6 Å². The van der Waals surface area contributed by atoms with Crippen molar-refractivity contribution in [2.45, 2.75) is 18.0 Å². The largest absolute Gasteiger partial charge is 0.300 e. The van der Waals surface area contributed by atoms with Gasteiger partial charge in [-0.3, -0.25) is 4.79 Å². The van der Waals surface area contributed by atoms with E-state index >= 15 is 0 Å². The fraction of sp³-hybridized carbons (Fsp3) is 0.300. The normalized spacial score (nSPS) is 13.4. The highest BCUT2D eigenvalue weighted by molar-refractivity contribution is 7.91. The van der Waals surface area contributed by atoms with Crippen molar-refractivity contribution in [3.63, 3.8) is 0 Å². The van der Waals surface area contributed by atoms with Crippen LogP contribution in [-0.2, 0) is 14.6 Å². The van der Waals surface area contributed by atoms with Crippen molar-refractivity contribution in [2.24, 2.45) is 0 Å². The zero-order valence-corrected chi connectivity index (χ0v) is 10.1. The predicted octanol–water partition coefficient (Wildman–Crippen LogP) is 2.34. The molecule has 1 rings (SSSR count). The maximum Gasteiger partial charge on any atom is 0.180 e. The Morgan fingerprint density at radius 3 is 2.56 bits per heavy atom. The second-order valence-corrected chi connectivity index (χ2v) is 5.79.